The lowest BCUT2D eigenvalue weighted by molar-refractivity contribution is -0.384. The van der Waals surface area contributed by atoms with Crippen LogP contribution in [-0.2, 0) is 0 Å². The molecule has 1 aliphatic rings. The van der Waals surface area contributed by atoms with Gasteiger partial charge in [0.1, 0.15) is 11.3 Å². The number of rotatable bonds is 6. The number of anilines is 2. The standard InChI is InChI=1S/C20H23ClN4O4/c1-22(16-7-5-15(21)6-8-16)20(27)17-3-2-4-18(19(17)25(28)29)24-11-9-23(10-12-24)13-14-26/h2-8,26H,9-14H2,1H3. The normalized spacial score (nSPS) is 14.7. The van der Waals surface area contributed by atoms with E-state index in [0.717, 1.165) is 0 Å². The number of benzene rings is 2. The fourth-order valence-electron chi connectivity index (χ4n) is 3.47. The lowest BCUT2D eigenvalue weighted by Gasteiger charge is -2.35. The molecule has 0 unspecified atom stereocenters. The Morgan fingerprint density at radius 1 is 1.17 bits per heavy atom. The molecule has 0 bridgehead atoms. The molecule has 1 heterocycles. The third kappa shape index (κ3) is 4.67. The van der Waals surface area contributed by atoms with Gasteiger partial charge in [-0.25, -0.2) is 0 Å². The van der Waals surface area contributed by atoms with Gasteiger partial charge in [-0.3, -0.25) is 19.8 Å². The highest BCUT2D eigenvalue weighted by Crippen LogP contribution is 2.34. The number of nitrogens with zero attached hydrogens (tertiary/aromatic N) is 4. The van der Waals surface area contributed by atoms with Gasteiger partial charge in [-0.05, 0) is 36.4 Å². The minimum atomic E-state index is -0.488. The molecule has 0 radical (unpaired) electrons. The maximum atomic E-state index is 13.1. The number of aliphatic hydroxyl groups excluding tert-OH is 1. The Labute approximate surface area is 174 Å². The smallest absolute Gasteiger partial charge is 0.305 e. The number of nitro groups is 1. The maximum Gasteiger partial charge on any atom is 0.305 e. The van der Waals surface area contributed by atoms with E-state index in [1.54, 1.807) is 43.4 Å². The summed E-state index contributed by atoms with van der Waals surface area (Å²) < 4.78 is 0. The van der Waals surface area contributed by atoms with Crippen molar-refractivity contribution in [1.29, 1.82) is 0 Å². The predicted molar refractivity (Wildman–Crippen MR) is 113 cm³/mol. The van der Waals surface area contributed by atoms with Crippen molar-refractivity contribution in [2.45, 2.75) is 0 Å². The van der Waals surface area contributed by atoms with Crippen LogP contribution in [0.15, 0.2) is 42.5 Å². The van der Waals surface area contributed by atoms with Crippen LogP contribution in [0.2, 0.25) is 5.02 Å². The van der Waals surface area contributed by atoms with Crippen molar-refractivity contribution >= 4 is 34.6 Å². The predicted octanol–water partition coefficient (Wildman–Crippen LogP) is 2.64. The molecule has 29 heavy (non-hydrogen) atoms. The summed E-state index contributed by atoms with van der Waals surface area (Å²) in [6.07, 6.45) is 0. The monoisotopic (exact) mass is 418 g/mol. The lowest BCUT2D eigenvalue weighted by Crippen LogP contribution is -2.47. The number of β-amino-alcohol motifs (C(OH)–C–C–N with tert-alkyl or cyclic N) is 1. The summed E-state index contributed by atoms with van der Waals surface area (Å²) in [5, 5.41) is 21.5. The number of piperazine rings is 1. The van der Waals surface area contributed by atoms with E-state index in [4.69, 9.17) is 16.7 Å². The van der Waals surface area contributed by atoms with Crippen molar-refractivity contribution in [3.8, 4) is 0 Å². The van der Waals surface area contributed by atoms with Crippen LogP contribution >= 0.6 is 11.6 Å². The number of hydrogen-bond acceptors (Lipinski definition) is 6. The van der Waals surface area contributed by atoms with Crippen LogP contribution in [0.1, 0.15) is 10.4 Å². The Hall–Kier alpha value is -2.68. The SMILES string of the molecule is CN(C(=O)c1cccc(N2CCN(CCO)CC2)c1[N+](=O)[O-])c1ccc(Cl)cc1. The first-order valence-electron chi connectivity index (χ1n) is 9.31. The maximum absolute atomic E-state index is 13.1. The van der Waals surface area contributed by atoms with Gasteiger partial charge in [0.25, 0.3) is 5.91 Å². The largest absolute Gasteiger partial charge is 0.395 e. The highest BCUT2D eigenvalue weighted by Gasteiger charge is 2.30. The molecule has 1 amide bonds. The molecule has 1 fully saturated rings. The molecular weight excluding hydrogens is 396 g/mol. The molecule has 1 N–H and O–H groups in total. The lowest BCUT2D eigenvalue weighted by atomic mass is 10.1. The van der Waals surface area contributed by atoms with Gasteiger partial charge in [0.2, 0.25) is 0 Å². The summed E-state index contributed by atoms with van der Waals surface area (Å²) in [4.78, 5) is 29.9. The third-order valence-corrected chi connectivity index (χ3v) is 5.33. The zero-order chi connectivity index (χ0) is 21.0. The van der Waals surface area contributed by atoms with E-state index in [0.29, 0.717) is 49.1 Å². The van der Waals surface area contributed by atoms with Gasteiger partial charge in [0.15, 0.2) is 0 Å². The Bertz CT molecular complexity index is 883. The van der Waals surface area contributed by atoms with Gasteiger partial charge in [0, 0.05) is 50.5 Å². The summed E-state index contributed by atoms with van der Waals surface area (Å²) in [6.45, 7) is 3.24. The fourth-order valence-corrected chi connectivity index (χ4v) is 3.59. The first-order chi connectivity index (χ1) is 13.9. The summed E-state index contributed by atoms with van der Waals surface area (Å²) >= 11 is 5.90. The number of carbonyl (C=O) groups is 1. The van der Waals surface area contributed by atoms with Gasteiger partial charge in [-0.2, -0.15) is 0 Å². The fraction of sp³-hybridized carbons (Fsp3) is 0.350. The number of halogens is 1. The van der Waals surface area contributed by atoms with Gasteiger partial charge in [-0.1, -0.05) is 17.7 Å². The summed E-state index contributed by atoms with van der Waals surface area (Å²) in [7, 11) is 1.58. The zero-order valence-electron chi connectivity index (χ0n) is 16.1. The van der Waals surface area contributed by atoms with Crippen LogP contribution in [0.3, 0.4) is 0 Å². The molecule has 3 rings (SSSR count). The number of amides is 1. The molecular formula is C20H23ClN4O4. The van der Waals surface area contributed by atoms with Crippen LogP contribution in [-0.4, -0.2) is 67.2 Å². The van der Waals surface area contributed by atoms with E-state index in [1.165, 1.54) is 11.0 Å². The molecule has 0 atom stereocenters. The van der Waals surface area contributed by atoms with Gasteiger partial charge < -0.3 is 14.9 Å². The Morgan fingerprint density at radius 2 is 1.83 bits per heavy atom. The molecule has 0 spiro atoms. The minimum Gasteiger partial charge on any atom is -0.395 e. The molecule has 2 aromatic carbocycles. The van der Waals surface area contributed by atoms with E-state index >= 15 is 0 Å². The zero-order valence-corrected chi connectivity index (χ0v) is 16.9. The van der Waals surface area contributed by atoms with E-state index in [-0.39, 0.29) is 17.9 Å². The first-order valence-corrected chi connectivity index (χ1v) is 9.69. The topological polar surface area (TPSA) is 90.2 Å². The average Bonchev–Trinajstić information content (AvgIpc) is 2.73. The second-order valence-electron chi connectivity index (χ2n) is 6.82. The second kappa shape index (κ2) is 9.21. The summed E-state index contributed by atoms with van der Waals surface area (Å²) in [5.74, 6) is -0.459. The van der Waals surface area contributed by atoms with Crippen molar-refractivity contribution in [3.63, 3.8) is 0 Å². The molecule has 1 aliphatic heterocycles. The van der Waals surface area contributed by atoms with E-state index in [9.17, 15) is 14.9 Å². The van der Waals surface area contributed by atoms with E-state index in [1.807, 2.05) is 4.90 Å². The minimum absolute atomic E-state index is 0.0442. The number of hydrogen-bond donors (Lipinski definition) is 1. The van der Waals surface area contributed by atoms with Crippen molar-refractivity contribution < 1.29 is 14.8 Å². The quantitative estimate of drug-likeness (QED) is 0.573. The molecule has 2 aromatic rings. The highest BCUT2D eigenvalue weighted by atomic mass is 35.5. The van der Waals surface area contributed by atoms with Crippen molar-refractivity contribution in [1.82, 2.24) is 4.90 Å². The van der Waals surface area contributed by atoms with Gasteiger partial charge in [-0.15, -0.1) is 0 Å². The highest BCUT2D eigenvalue weighted by molar-refractivity contribution is 6.30. The van der Waals surface area contributed by atoms with Crippen molar-refractivity contribution in [2.75, 3.05) is 56.2 Å². The summed E-state index contributed by atoms with van der Waals surface area (Å²) in [6, 6.07) is 11.5. The average molecular weight is 419 g/mol. The van der Waals surface area contributed by atoms with Crippen LogP contribution in [0.4, 0.5) is 17.1 Å². The number of para-hydroxylation sites is 1. The molecule has 0 aliphatic carbocycles. The van der Waals surface area contributed by atoms with Crippen LogP contribution in [0.25, 0.3) is 0 Å². The Kier molecular flexibility index (Phi) is 6.68. The number of nitro benzene ring substituents is 1. The summed E-state index contributed by atoms with van der Waals surface area (Å²) in [5.41, 5.74) is 0.891. The second-order valence-corrected chi connectivity index (χ2v) is 7.26. The first kappa shape index (κ1) is 21.0. The van der Waals surface area contributed by atoms with Crippen molar-refractivity contribution in [3.05, 3.63) is 63.2 Å². The molecule has 8 nitrogen and oxygen atoms in total. The third-order valence-electron chi connectivity index (χ3n) is 5.08. The Morgan fingerprint density at radius 3 is 2.41 bits per heavy atom. The molecule has 9 heteroatoms. The van der Waals surface area contributed by atoms with E-state index in [2.05, 4.69) is 4.90 Å². The van der Waals surface area contributed by atoms with Gasteiger partial charge in [0.05, 0.1) is 11.5 Å². The molecule has 1 saturated heterocycles. The van der Waals surface area contributed by atoms with Crippen LogP contribution < -0.4 is 9.80 Å². The van der Waals surface area contributed by atoms with Crippen LogP contribution in [0, 0.1) is 10.1 Å². The van der Waals surface area contributed by atoms with Gasteiger partial charge >= 0.3 is 5.69 Å². The Balaban J connectivity index is 1.90. The molecule has 154 valence electrons. The van der Waals surface area contributed by atoms with Crippen LogP contribution in [0.5, 0.6) is 0 Å². The van der Waals surface area contributed by atoms with Crippen molar-refractivity contribution in [2.24, 2.45) is 0 Å². The van der Waals surface area contributed by atoms with E-state index < -0.39 is 10.8 Å². The number of carbonyl (C=O) groups excluding carboxylic acids is 1. The molecule has 0 saturated carbocycles. The number of aliphatic hydroxyl groups is 1. The molecule has 0 aromatic heterocycles.